The molecule has 1 heterocycles. The first-order chi connectivity index (χ1) is 30.1. The van der Waals surface area contributed by atoms with E-state index in [0.29, 0.717) is 0 Å². The van der Waals surface area contributed by atoms with Crippen molar-refractivity contribution in [1.29, 1.82) is 0 Å². The van der Waals surface area contributed by atoms with Crippen LogP contribution in [0, 0.1) is 116 Å². The molecule has 1 aliphatic carbocycles. The second-order valence-electron chi connectivity index (χ2n) is 14.4. The third-order valence-electron chi connectivity index (χ3n) is 10.9. The molecule has 1 fully saturated rings. The lowest BCUT2D eigenvalue weighted by atomic mass is 9.12. The average Bonchev–Trinajstić information content (AvgIpc) is 3.30. The number of nitrogens with zero attached hydrogens (tertiary/aromatic N) is 1. The Morgan fingerprint density at radius 1 is 0.344 bits per heavy atom. The van der Waals surface area contributed by atoms with E-state index >= 15 is 35.1 Å². The smallest absolute Gasteiger partial charge is 0.200 e. The van der Waals surface area contributed by atoms with Gasteiger partial charge in [0.2, 0.25) is 0 Å². The molecule has 0 atom stereocenters. The van der Waals surface area contributed by atoms with Crippen LogP contribution >= 0.6 is 0 Å². The summed E-state index contributed by atoms with van der Waals surface area (Å²) in [6.45, 7) is 0.964. The van der Waals surface area contributed by atoms with Crippen LogP contribution < -0.4 is 26.4 Å². The van der Waals surface area contributed by atoms with E-state index in [4.69, 9.17) is 0 Å². The van der Waals surface area contributed by atoms with Crippen LogP contribution in [0.3, 0.4) is 0 Å². The van der Waals surface area contributed by atoms with Crippen LogP contribution in [0.2, 0.25) is 0 Å². The number of hydrogen-bond acceptors (Lipinski definition) is 0. The first-order valence-electron chi connectivity index (χ1n) is 18.4. The fraction of sp³-hybridized carbons (Fsp3) is 0.167. The summed E-state index contributed by atoms with van der Waals surface area (Å²) in [7, 11) is 0. The fourth-order valence-electron chi connectivity index (χ4n) is 7.96. The van der Waals surface area contributed by atoms with E-state index in [0.717, 1.165) is 12.5 Å². The Hall–Kier alpha value is -6.09. The van der Waals surface area contributed by atoms with Gasteiger partial charge in [0.25, 0.3) is 0 Å². The minimum absolute atomic E-state index is 0.812. The monoisotopic (exact) mass is 931 g/mol. The maximum Gasteiger partial charge on any atom is 0.200 e. The predicted molar refractivity (Wildman–Crippen MR) is 187 cm³/mol. The highest BCUT2D eigenvalue weighted by Crippen LogP contribution is 2.33. The largest absolute Gasteiger partial charge is 0.207 e. The molecule has 1 aromatic heterocycles. The molecule has 0 radical (unpaired) electrons. The van der Waals surface area contributed by atoms with Crippen LogP contribution in [0.5, 0.6) is 0 Å². The van der Waals surface area contributed by atoms with Gasteiger partial charge in [-0.25, -0.2) is 92.4 Å². The van der Waals surface area contributed by atoms with Crippen molar-refractivity contribution >= 4 is 28.0 Å². The molecule has 0 unspecified atom stereocenters. The van der Waals surface area contributed by atoms with E-state index < -0.39 is 144 Å². The molecule has 0 N–H and O–H groups in total. The topological polar surface area (TPSA) is 3.88 Å². The molecule has 5 aromatic carbocycles. The summed E-state index contributed by atoms with van der Waals surface area (Å²) < 4.78 is 296. The van der Waals surface area contributed by atoms with Crippen molar-refractivity contribution in [3.8, 4) is 0 Å². The van der Waals surface area contributed by atoms with Crippen molar-refractivity contribution in [1.82, 2.24) is 0 Å². The summed E-state index contributed by atoms with van der Waals surface area (Å²) in [5.41, 5.74) is -11.4. The number of rotatable bonds is 7. The van der Waals surface area contributed by atoms with Gasteiger partial charge in [-0.3, -0.25) is 0 Å². The molecule has 64 heavy (non-hydrogen) atoms. The number of pyridine rings is 1. The highest BCUT2D eigenvalue weighted by molar-refractivity contribution is 7.20. The van der Waals surface area contributed by atoms with Crippen molar-refractivity contribution in [2.75, 3.05) is 0 Å². The normalized spacial score (nSPS) is 13.3. The molecule has 0 amide bonds. The minimum atomic E-state index is -7.22. The van der Waals surface area contributed by atoms with Gasteiger partial charge in [0.1, 0.15) is 52.7 Å². The highest BCUT2D eigenvalue weighted by Gasteiger charge is 2.52. The van der Waals surface area contributed by atoms with Crippen LogP contribution in [0.25, 0.3) is 0 Å². The van der Waals surface area contributed by atoms with Gasteiger partial charge in [-0.05, 0) is 24.3 Å². The molecule has 0 bridgehead atoms. The molecular weight excluding hydrogens is 909 g/mol. The van der Waals surface area contributed by atoms with Crippen LogP contribution in [0.4, 0.5) is 87.8 Å². The number of hydrogen-bond donors (Lipinski definition) is 0. The lowest BCUT2D eigenvalue weighted by Crippen LogP contribution is -2.81. The van der Waals surface area contributed by atoms with E-state index in [1.807, 2.05) is 0 Å². The number of benzene rings is 5. The Labute approximate surface area is 347 Å². The van der Waals surface area contributed by atoms with Gasteiger partial charge in [-0.1, -0.05) is 49.6 Å². The van der Waals surface area contributed by atoms with Gasteiger partial charge in [0.15, 0.2) is 88.7 Å². The van der Waals surface area contributed by atoms with Crippen LogP contribution in [0.1, 0.15) is 49.1 Å². The molecule has 22 heteroatoms. The molecule has 6 aromatic rings. The quantitative estimate of drug-likeness (QED) is 0.0494. The van der Waals surface area contributed by atoms with Crippen LogP contribution in [-0.2, 0) is 6.54 Å². The summed E-state index contributed by atoms with van der Waals surface area (Å²) >= 11 is 0. The molecule has 0 spiro atoms. The Morgan fingerprint density at radius 3 is 0.891 bits per heavy atom. The lowest BCUT2D eigenvalue weighted by Gasteiger charge is -2.44. The number of halogens is 20. The van der Waals surface area contributed by atoms with Crippen molar-refractivity contribution in [3.05, 3.63) is 182 Å². The molecular formula is C42H22BF20N. The van der Waals surface area contributed by atoms with Gasteiger partial charge in [-0.15, -0.1) is 21.9 Å². The van der Waals surface area contributed by atoms with E-state index in [1.54, 1.807) is 5.56 Å². The molecule has 0 aliphatic heterocycles. The zero-order chi connectivity index (χ0) is 47.3. The summed E-state index contributed by atoms with van der Waals surface area (Å²) in [5, 5.41) is 0. The summed E-state index contributed by atoms with van der Waals surface area (Å²) in [6.07, 6.45) is 4.03. The maximum atomic E-state index is 15.4. The minimum Gasteiger partial charge on any atom is -0.207 e. The van der Waals surface area contributed by atoms with Crippen molar-refractivity contribution in [2.45, 2.75) is 44.6 Å². The summed E-state index contributed by atoms with van der Waals surface area (Å²) in [4.78, 5) is 0. The van der Waals surface area contributed by atoms with Crippen LogP contribution in [-0.4, -0.2) is 6.15 Å². The molecule has 1 aliphatic rings. The van der Waals surface area contributed by atoms with E-state index in [-0.39, 0.29) is 0 Å². The van der Waals surface area contributed by atoms with Gasteiger partial charge in [0.05, 0.1) is 0 Å². The Kier molecular flexibility index (Phi) is 13.5. The second-order valence-corrected chi connectivity index (χ2v) is 14.4. The molecule has 1 nitrogen and oxygen atoms in total. The molecule has 7 rings (SSSR count). The zero-order valence-corrected chi connectivity index (χ0v) is 31.6. The van der Waals surface area contributed by atoms with E-state index in [2.05, 4.69) is 59.4 Å². The summed E-state index contributed by atoms with van der Waals surface area (Å²) in [5.74, 6) is -70.6. The number of aromatic nitrogens is 1. The predicted octanol–water partition coefficient (Wildman–Crippen LogP) is 9.92. The Balaban J connectivity index is 0.000000295. The average molecular weight is 931 g/mol. The Morgan fingerprint density at radius 2 is 0.609 bits per heavy atom. The fourth-order valence-corrected chi connectivity index (χ4v) is 7.96. The lowest BCUT2D eigenvalue weighted by molar-refractivity contribution is -0.688. The zero-order valence-electron chi connectivity index (χ0n) is 31.6. The van der Waals surface area contributed by atoms with Crippen LogP contribution in [0.15, 0.2) is 54.9 Å². The third kappa shape index (κ3) is 7.71. The third-order valence-corrected chi connectivity index (χ3v) is 10.9. The van der Waals surface area contributed by atoms with E-state index in [1.165, 1.54) is 37.7 Å². The maximum absolute atomic E-state index is 15.4. The van der Waals surface area contributed by atoms with Gasteiger partial charge in [0, 0.05) is 17.7 Å². The molecule has 1 saturated carbocycles. The first-order valence-corrected chi connectivity index (χ1v) is 18.4. The van der Waals surface area contributed by atoms with Crippen molar-refractivity contribution < 1.29 is 92.4 Å². The Bertz CT molecular complexity index is 2390. The van der Waals surface area contributed by atoms with Gasteiger partial charge >= 0.3 is 0 Å². The van der Waals surface area contributed by atoms with Crippen molar-refractivity contribution in [2.24, 2.45) is 0 Å². The molecule has 338 valence electrons. The SMILES string of the molecule is Fc1c(F)c(F)c([B-](c2c(F)c(F)c(F)c(F)c2F)(c2c(F)c(F)c(F)c(F)c2F)c2c(F)c(F)c(F)c(F)c2F)c(F)c1F.c1cc[n+](Cc2ccc(C3CCCCC3)cc2)cc1. The standard InChI is InChI=1S/C24BF20.C18H22N/c26-5-1(6(27)14(35)21(42)13(5)34)25(2-7(28)15(36)22(43)16(37)8(2)29,3-9(30)17(38)23(44)18(39)10(3)31)4-11(32)19(40)24(45)20(41)12(4)33;1-3-7-17(8-4-1)18-11-9-16(10-12-18)15-19-13-5-2-6-14-19/h;2,5-6,9-14,17H,1,3-4,7-8,15H2/q-1;+1. The summed E-state index contributed by atoms with van der Waals surface area (Å²) in [6, 6.07) is 15.5. The second kappa shape index (κ2) is 18.2. The molecule has 0 saturated heterocycles. The van der Waals surface area contributed by atoms with Gasteiger partial charge < -0.3 is 0 Å². The van der Waals surface area contributed by atoms with Crippen molar-refractivity contribution in [3.63, 3.8) is 0 Å². The highest BCUT2D eigenvalue weighted by atomic mass is 19.2. The van der Waals surface area contributed by atoms with Gasteiger partial charge in [-0.2, -0.15) is 0 Å². The first kappa shape index (κ1) is 47.4. The van der Waals surface area contributed by atoms with E-state index in [9.17, 15) is 52.7 Å².